The van der Waals surface area contributed by atoms with Gasteiger partial charge in [0, 0.05) is 24.5 Å². The van der Waals surface area contributed by atoms with E-state index in [4.69, 9.17) is 0 Å². The minimum Gasteiger partial charge on any atom is -0.389 e. The fourth-order valence-electron chi connectivity index (χ4n) is 3.35. The van der Waals surface area contributed by atoms with E-state index in [0.717, 1.165) is 12.1 Å². The summed E-state index contributed by atoms with van der Waals surface area (Å²) < 4.78 is 38.8. The number of hydrogen-bond acceptors (Lipinski definition) is 7. The van der Waals surface area contributed by atoms with Gasteiger partial charge in [0.05, 0.1) is 29.4 Å². The van der Waals surface area contributed by atoms with E-state index in [1.54, 1.807) is 6.92 Å². The van der Waals surface area contributed by atoms with Crippen molar-refractivity contribution in [1.82, 2.24) is 15.6 Å². The van der Waals surface area contributed by atoms with Crippen LogP contribution in [0, 0.1) is 0 Å². The second kappa shape index (κ2) is 9.18. The van der Waals surface area contributed by atoms with Gasteiger partial charge in [0.15, 0.2) is 0 Å². The van der Waals surface area contributed by atoms with Crippen molar-refractivity contribution in [2.45, 2.75) is 43.5 Å². The number of hydrogen-bond donors (Lipinski definition) is 6. The third kappa shape index (κ3) is 5.31. The number of nitrogens with zero attached hydrogens (tertiary/aromatic N) is 1. The van der Waals surface area contributed by atoms with Crippen molar-refractivity contribution in [3.05, 3.63) is 53.7 Å². The number of piperidine rings is 1. The molecule has 1 saturated heterocycles. The van der Waals surface area contributed by atoms with Crippen molar-refractivity contribution < 1.29 is 33.3 Å². The van der Waals surface area contributed by atoms with Gasteiger partial charge in [-0.3, -0.25) is 4.79 Å². The average molecular weight is 440 g/mol. The number of nitrogens with one attached hydrogen (secondary N) is 3. The standard InChI is InChI=1S/C20H23F3N4O4/c1-10-15(28)17(30)16(29)14(26-10)9-25-19(31)13-6-3-7-24-18(13)27-12-5-2-4-11(8-12)20(21,22)23/h2-8,10,14-17,26,28-30H,9H2,1H3,(H,24,27)(H,25,31)/t10-,14+,15+,16+,17+/m0/s1. The Hall–Kier alpha value is -2.73. The Morgan fingerprint density at radius 1 is 1.13 bits per heavy atom. The van der Waals surface area contributed by atoms with Crippen LogP contribution in [0.1, 0.15) is 22.8 Å². The summed E-state index contributed by atoms with van der Waals surface area (Å²) in [6.45, 7) is 1.57. The lowest BCUT2D eigenvalue weighted by atomic mass is 9.91. The first kappa shape index (κ1) is 22.9. The normalized spacial score (nSPS) is 26.4. The maximum absolute atomic E-state index is 12.9. The number of rotatable bonds is 5. The van der Waals surface area contributed by atoms with Crippen molar-refractivity contribution in [1.29, 1.82) is 0 Å². The predicted octanol–water partition coefficient (Wildman–Crippen LogP) is 1.02. The van der Waals surface area contributed by atoms with Gasteiger partial charge in [0.2, 0.25) is 0 Å². The summed E-state index contributed by atoms with van der Waals surface area (Å²) >= 11 is 0. The van der Waals surface area contributed by atoms with E-state index in [-0.39, 0.29) is 23.6 Å². The Kier molecular flexibility index (Phi) is 6.80. The highest BCUT2D eigenvalue weighted by Crippen LogP contribution is 2.31. The Bertz CT molecular complexity index is 927. The maximum Gasteiger partial charge on any atom is 0.416 e. The van der Waals surface area contributed by atoms with Crippen LogP contribution in [-0.2, 0) is 6.18 Å². The van der Waals surface area contributed by atoms with Crippen LogP contribution in [0.3, 0.4) is 0 Å². The molecule has 31 heavy (non-hydrogen) atoms. The van der Waals surface area contributed by atoms with E-state index >= 15 is 0 Å². The number of alkyl halides is 3. The molecule has 0 bridgehead atoms. The lowest BCUT2D eigenvalue weighted by molar-refractivity contribution is -0.137. The summed E-state index contributed by atoms with van der Waals surface area (Å²) in [7, 11) is 0. The number of carbonyl (C=O) groups is 1. The van der Waals surface area contributed by atoms with Crippen LogP contribution in [0.4, 0.5) is 24.7 Å². The SMILES string of the molecule is C[C@@H]1N[C@H](CNC(=O)c2cccnc2Nc2cccc(C(F)(F)F)c2)[C@@H](O)[C@H](O)[C@@H]1O. The second-order valence-corrected chi connectivity index (χ2v) is 7.35. The zero-order chi connectivity index (χ0) is 22.8. The van der Waals surface area contributed by atoms with Crippen LogP contribution in [-0.4, -0.2) is 63.2 Å². The predicted molar refractivity (Wildman–Crippen MR) is 106 cm³/mol. The number of anilines is 2. The number of halogens is 3. The zero-order valence-corrected chi connectivity index (χ0v) is 16.5. The van der Waals surface area contributed by atoms with Gasteiger partial charge in [-0.1, -0.05) is 6.07 Å². The molecule has 3 rings (SSSR count). The molecule has 6 N–H and O–H groups in total. The first-order valence-corrected chi connectivity index (χ1v) is 9.55. The van der Waals surface area contributed by atoms with Crippen molar-refractivity contribution in [2.75, 3.05) is 11.9 Å². The molecule has 1 fully saturated rings. The molecule has 2 aromatic rings. The van der Waals surface area contributed by atoms with Crippen LogP contribution >= 0.6 is 0 Å². The van der Waals surface area contributed by atoms with Gasteiger partial charge < -0.3 is 31.3 Å². The van der Waals surface area contributed by atoms with E-state index in [1.807, 2.05) is 0 Å². The van der Waals surface area contributed by atoms with Crippen LogP contribution < -0.4 is 16.0 Å². The summed E-state index contributed by atoms with van der Waals surface area (Å²) in [5.41, 5.74) is -0.650. The Labute approximate surface area is 176 Å². The van der Waals surface area contributed by atoms with E-state index in [9.17, 15) is 33.3 Å². The van der Waals surface area contributed by atoms with Gasteiger partial charge in [-0.2, -0.15) is 13.2 Å². The summed E-state index contributed by atoms with van der Waals surface area (Å²) in [6.07, 6.45) is -6.94. The van der Waals surface area contributed by atoms with Gasteiger partial charge in [-0.15, -0.1) is 0 Å². The van der Waals surface area contributed by atoms with Crippen LogP contribution in [0.5, 0.6) is 0 Å². The van der Waals surface area contributed by atoms with Crippen LogP contribution in [0.25, 0.3) is 0 Å². The average Bonchev–Trinajstić information content (AvgIpc) is 2.73. The Morgan fingerprint density at radius 3 is 2.58 bits per heavy atom. The van der Waals surface area contributed by atoms with Crippen molar-refractivity contribution in [3.8, 4) is 0 Å². The molecule has 0 unspecified atom stereocenters. The number of benzene rings is 1. The van der Waals surface area contributed by atoms with E-state index in [2.05, 4.69) is 20.9 Å². The lowest BCUT2D eigenvalue weighted by Gasteiger charge is -2.40. The highest BCUT2D eigenvalue weighted by Gasteiger charge is 2.40. The number of amides is 1. The van der Waals surface area contributed by atoms with E-state index < -0.39 is 48.0 Å². The summed E-state index contributed by atoms with van der Waals surface area (Å²) in [5, 5.41) is 38.0. The highest BCUT2D eigenvalue weighted by molar-refractivity contribution is 5.99. The van der Waals surface area contributed by atoms with Crippen LogP contribution in [0.2, 0.25) is 0 Å². The molecule has 0 saturated carbocycles. The fraction of sp³-hybridized carbons (Fsp3) is 0.400. The van der Waals surface area contributed by atoms with Crippen molar-refractivity contribution >= 4 is 17.4 Å². The third-order valence-corrected chi connectivity index (χ3v) is 5.09. The molecule has 1 amide bonds. The first-order valence-electron chi connectivity index (χ1n) is 9.55. The number of pyridine rings is 1. The minimum atomic E-state index is -4.51. The minimum absolute atomic E-state index is 0.0558. The highest BCUT2D eigenvalue weighted by atomic mass is 19.4. The maximum atomic E-state index is 12.9. The molecule has 0 aliphatic carbocycles. The quantitative estimate of drug-likeness (QED) is 0.410. The van der Waals surface area contributed by atoms with E-state index in [0.29, 0.717) is 0 Å². The molecular formula is C20H23F3N4O4. The van der Waals surface area contributed by atoms with Gasteiger partial charge in [0.25, 0.3) is 5.91 Å². The van der Waals surface area contributed by atoms with Gasteiger partial charge in [-0.25, -0.2) is 4.98 Å². The third-order valence-electron chi connectivity index (χ3n) is 5.09. The number of aliphatic hydroxyl groups is 3. The molecule has 1 aliphatic rings. The van der Waals surface area contributed by atoms with Gasteiger partial charge >= 0.3 is 6.18 Å². The summed E-state index contributed by atoms with van der Waals surface area (Å²) in [4.78, 5) is 16.7. The smallest absolute Gasteiger partial charge is 0.389 e. The first-order chi connectivity index (χ1) is 14.6. The molecule has 1 aromatic heterocycles. The topological polar surface area (TPSA) is 127 Å². The molecule has 11 heteroatoms. The summed E-state index contributed by atoms with van der Waals surface area (Å²) in [5.74, 6) is -0.523. The fourth-order valence-corrected chi connectivity index (χ4v) is 3.35. The monoisotopic (exact) mass is 440 g/mol. The molecule has 5 atom stereocenters. The van der Waals surface area contributed by atoms with Crippen molar-refractivity contribution in [2.24, 2.45) is 0 Å². The van der Waals surface area contributed by atoms with Crippen LogP contribution in [0.15, 0.2) is 42.6 Å². The van der Waals surface area contributed by atoms with Gasteiger partial charge in [0.1, 0.15) is 11.9 Å². The summed E-state index contributed by atoms with van der Waals surface area (Å²) in [6, 6.07) is 6.24. The molecule has 1 aliphatic heterocycles. The molecule has 2 heterocycles. The lowest BCUT2D eigenvalue weighted by Crippen LogP contribution is -2.66. The largest absolute Gasteiger partial charge is 0.416 e. The zero-order valence-electron chi connectivity index (χ0n) is 16.5. The molecule has 0 radical (unpaired) electrons. The number of carbonyl (C=O) groups excluding carboxylic acids is 1. The molecular weight excluding hydrogens is 417 g/mol. The Morgan fingerprint density at radius 2 is 1.87 bits per heavy atom. The van der Waals surface area contributed by atoms with Crippen molar-refractivity contribution in [3.63, 3.8) is 0 Å². The molecule has 168 valence electrons. The Balaban J connectivity index is 1.71. The van der Waals surface area contributed by atoms with E-state index in [1.165, 1.54) is 30.5 Å². The molecule has 0 spiro atoms. The molecule has 8 nitrogen and oxygen atoms in total. The van der Waals surface area contributed by atoms with Gasteiger partial charge in [-0.05, 0) is 37.3 Å². The number of aliphatic hydroxyl groups excluding tert-OH is 3. The molecule has 1 aromatic carbocycles. The second-order valence-electron chi connectivity index (χ2n) is 7.35. The number of aromatic nitrogens is 1.